The molecule has 1 aromatic rings. The topological polar surface area (TPSA) is 54.7 Å². The molecule has 0 amide bonds. The maximum absolute atomic E-state index is 5.40. The Balaban J connectivity index is 2.62. The summed E-state index contributed by atoms with van der Waals surface area (Å²) in [6, 6.07) is 0. The monoisotopic (exact) mass is 153 g/mol. The smallest absolute Gasteiger partial charge is 0.103 e. The van der Waals surface area contributed by atoms with Crippen LogP contribution in [0.15, 0.2) is 0 Å². The number of rotatable bonds is 3. The third-order valence-corrected chi connectivity index (χ3v) is 1.72. The second-order valence-electron chi connectivity index (χ2n) is 2.79. The minimum atomic E-state index is 0.741. The number of hydrogen-bond acceptors (Lipinski definition) is 2. The van der Waals surface area contributed by atoms with Gasteiger partial charge >= 0.3 is 0 Å². The molecular weight excluding hydrogens is 138 g/mol. The van der Waals surface area contributed by atoms with E-state index >= 15 is 0 Å². The van der Waals surface area contributed by atoms with Gasteiger partial charge in [-0.15, -0.1) is 0 Å². The summed E-state index contributed by atoms with van der Waals surface area (Å²) in [5.41, 5.74) is 7.73. The van der Waals surface area contributed by atoms with Crippen molar-refractivity contribution in [3.05, 3.63) is 17.2 Å². The van der Waals surface area contributed by atoms with Crippen LogP contribution in [0.3, 0.4) is 0 Å². The molecular formula is C8H15N3. The molecule has 3 heteroatoms. The summed E-state index contributed by atoms with van der Waals surface area (Å²) in [7, 11) is 0. The maximum atomic E-state index is 5.40. The van der Waals surface area contributed by atoms with E-state index in [0.29, 0.717) is 0 Å². The number of aromatic nitrogens is 2. The van der Waals surface area contributed by atoms with E-state index in [1.54, 1.807) is 0 Å². The van der Waals surface area contributed by atoms with Crippen LogP contribution in [0.4, 0.5) is 0 Å². The van der Waals surface area contributed by atoms with Crippen LogP contribution in [0.25, 0.3) is 0 Å². The van der Waals surface area contributed by atoms with Gasteiger partial charge in [0.1, 0.15) is 5.82 Å². The molecule has 0 saturated heterocycles. The highest BCUT2D eigenvalue weighted by Gasteiger charge is 2.01. The molecule has 0 spiro atoms. The molecule has 1 heterocycles. The van der Waals surface area contributed by atoms with Gasteiger partial charge in [0, 0.05) is 5.69 Å². The number of nitrogens with two attached hydrogens (primary N) is 1. The normalized spacial score (nSPS) is 10.5. The minimum absolute atomic E-state index is 0.741. The van der Waals surface area contributed by atoms with Crippen molar-refractivity contribution in [1.82, 2.24) is 9.97 Å². The Morgan fingerprint density at radius 1 is 1.45 bits per heavy atom. The van der Waals surface area contributed by atoms with E-state index in [2.05, 4.69) is 9.97 Å². The number of nitrogens with one attached hydrogen (secondary N) is 1. The average Bonchev–Trinajstić information content (AvgIpc) is 2.26. The first-order chi connectivity index (χ1) is 5.24. The molecule has 0 aliphatic heterocycles. The zero-order valence-electron chi connectivity index (χ0n) is 7.15. The Hall–Kier alpha value is -0.830. The molecule has 1 rings (SSSR count). The highest BCUT2D eigenvalue weighted by atomic mass is 14.9. The SMILES string of the molecule is Cc1nc(CCCN)c(C)[nH]1. The van der Waals surface area contributed by atoms with Crippen molar-refractivity contribution in [2.45, 2.75) is 26.7 Å². The molecule has 0 radical (unpaired) electrons. The Kier molecular flexibility index (Phi) is 2.65. The quantitative estimate of drug-likeness (QED) is 0.678. The van der Waals surface area contributed by atoms with Gasteiger partial charge < -0.3 is 10.7 Å². The molecule has 0 aliphatic rings. The van der Waals surface area contributed by atoms with Gasteiger partial charge in [0.05, 0.1) is 5.69 Å². The molecule has 3 N–H and O–H groups in total. The van der Waals surface area contributed by atoms with E-state index in [1.807, 2.05) is 13.8 Å². The average molecular weight is 153 g/mol. The predicted octanol–water partition coefficient (Wildman–Crippen LogP) is 0.918. The predicted molar refractivity (Wildman–Crippen MR) is 45.4 cm³/mol. The first-order valence-electron chi connectivity index (χ1n) is 3.96. The van der Waals surface area contributed by atoms with Gasteiger partial charge in [0.2, 0.25) is 0 Å². The van der Waals surface area contributed by atoms with E-state index < -0.39 is 0 Å². The van der Waals surface area contributed by atoms with Gasteiger partial charge in [0.25, 0.3) is 0 Å². The third-order valence-electron chi connectivity index (χ3n) is 1.72. The number of hydrogen-bond donors (Lipinski definition) is 2. The molecule has 0 unspecified atom stereocenters. The molecule has 0 fully saturated rings. The van der Waals surface area contributed by atoms with Crippen molar-refractivity contribution in [2.24, 2.45) is 5.73 Å². The van der Waals surface area contributed by atoms with Crippen LogP contribution in [-0.4, -0.2) is 16.5 Å². The van der Waals surface area contributed by atoms with Gasteiger partial charge in [-0.1, -0.05) is 0 Å². The van der Waals surface area contributed by atoms with Gasteiger partial charge in [-0.3, -0.25) is 0 Å². The highest BCUT2D eigenvalue weighted by Crippen LogP contribution is 2.05. The van der Waals surface area contributed by atoms with Crippen molar-refractivity contribution in [1.29, 1.82) is 0 Å². The van der Waals surface area contributed by atoms with Crippen LogP contribution in [0.2, 0.25) is 0 Å². The zero-order chi connectivity index (χ0) is 8.27. The van der Waals surface area contributed by atoms with Crippen LogP contribution in [-0.2, 0) is 6.42 Å². The fourth-order valence-corrected chi connectivity index (χ4v) is 1.17. The van der Waals surface area contributed by atoms with Crippen molar-refractivity contribution >= 4 is 0 Å². The first-order valence-corrected chi connectivity index (χ1v) is 3.96. The number of nitrogens with zero attached hydrogens (tertiary/aromatic N) is 1. The summed E-state index contributed by atoms with van der Waals surface area (Å²) in [4.78, 5) is 7.50. The molecule has 62 valence electrons. The maximum Gasteiger partial charge on any atom is 0.103 e. The lowest BCUT2D eigenvalue weighted by Crippen LogP contribution is -2.01. The van der Waals surface area contributed by atoms with Crippen molar-refractivity contribution < 1.29 is 0 Å². The zero-order valence-corrected chi connectivity index (χ0v) is 7.15. The van der Waals surface area contributed by atoms with Crippen molar-refractivity contribution in [2.75, 3.05) is 6.54 Å². The summed E-state index contributed by atoms with van der Waals surface area (Å²) in [6.07, 6.45) is 2.01. The van der Waals surface area contributed by atoms with Gasteiger partial charge in [-0.05, 0) is 33.2 Å². The standard InChI is InChI=1S/C8H15N3/c1-6-8(4-3-5-9)11-7(2)10-6/h3-5,9H2,1-2H3,(H,10,11). The van der Waals surface area contributed by atoms with E-state index in [9.17, 15) is 0 Å². The Labute approximate surface area is 67.0 Å². The van der Waals surface area contributed by atoms with E-state index in [4.69, 9.17) is 5.73 Å². The lowest BCUT2D eigenvalue weighted by atomic mass is 10.2. The summed E-state index contributed by atoms with van der Waals surface area (Å²) in [6.45, 7) is 4.76. The minimum Gasteiger partial charge on any atom is -0.346 e. The van der Waals surface area contributed by atoms with Gasteiger partial charge in [-0.2, -0.15) is 0 Å². The van der Waals surface area contributed by atoms with Crippen LogP contribution in [0.1, 0.15) is 23.6 Å². The van der Waals surface area contributed by atoms with E-state index in [-0.39, 0.29) is 0 Å². The van der Waals surface area contributed by atoms with E-state index in [0.717, 1.165) is 30.9 Å². The number of aromatic amines is 1. The van der Waals surface area contributed by atoms with E-state index in [1.165, 1.54) is 5.69 Å². The van der Waals surface area contributed by atoms with Crippen molar-refractivity contribution in [3.63, 3.8) is 0 Å². The summed E-state index contributed by atoms with van der Waals surface area (Å²) < 4.78 is 0. The number of imidazole rings is 1. The van der Waals surface area contributed by atoms with Crippen LogP contribution < -0.4 is 5.73 Å². The largest absolute Gasteiger partial charge is 0.346 e. The lowest BCUT2D eigenvalue weighted by molar-refractivity contribution is 0.808. The van der Waals surface area contributed by atoms with Crippen LogP contribution in [0, 0.1) is 13.8 Å². The summed E-state index contributed by atoms with van der Waals surface area (Å²) in [5.74, 6) is 0.995. The van der Waals surface area contributed by atoms with Gasteiger partial charge in [0.15, 0.2) is 0 Å². The Bertz CT molecular complexity index is 227. The fourth-order valence-electron chi connectivity index (χ4n) is 1.17. The van der Waals surface area contributed by atoms with Crippen molar-refractivity contribution in [3.8, 4) is 0 Å². The summed E-state index contributed by atoms with van der Waals surface area (Å²) in [5, 5.41) is 0. The Morgan fingerprint density at radius 3 is 2.64 bits per heavy atom. The lowest BCUT2D eigenvalue weighted by Gasteiger charge is -1.94. The fraction of sp³-hybridized carbons (Fsp3) is 0.625. The number of aryl methyl sites for hydroxylation is 3. The molecule has 1 aromatic heterocycles. The second-order valence-corrected chi connectivity index (χ2v) is 2.79. The number of H-pyrrole nitrogens is 1. The first kappa shape index (κ1) is 8.27. The highest BCUT2D eigenvalue weighted by molar-refractivity contribution is 5.12. The molecule has 0 atom stereocenters. The third kappa shape index (κ3) is 2.05. The molecule has 0 saturated carbocycles. The molecule has 3 nitrogen and oxygen atoms in total. The molecule has 0 aromatic carbocycles. The van der Waals surface area contributed by atoms with Crippen LogP contribution in [0.5, 0.6) is 0 Å². The Morgan fingerprint density at radius 2 is 2.18 bits per heavy atom. The molecule has 0 aliphatic carbocycles. The molecule has 11 heavy (non-hydrogen) atoms. The summed E-state index contributed by atoms with van der Waals surface area (Å²) >= 11 is 0. The second kappa shape index (κ2) is 3.53. The van der Waals surface area contributed by atoms with Gasteiger partial charge in [-0.25, -0.2) is 4.98 Å². The molecule has 0 bridgehead atoms. The van der Waals surface area contributed by atoms with Crippen LogP contribution >= 0.6 is 0 Å².